The van der Waals surface area contributed by atoms with Gasteiger partial charge in [-0.3, -0.25) is 0 Å². The van der Waals surface area contributed by atoms with Crippen LogP contribution in [0.25, 0.3) is 0 Å². The molecule has 0 heterocycles. The smallest absolute Gasteiger partial charge is 0.142 e. The van der Waals surface area contributed by atoms with Crippen molar-refractivity contribution in [3.63, 3.8) is 0 Å². The van der Waals surface area contributed by atoms with Gasteiger partial charge in [0.25, 0.3) is 0 Å². The van der Waals surface area contributed by atoms with Crippen molar-refractivity contribution < 1.29 is 4.74 Å². The van der Waals surface area contributed by atoms with Crippen molar-refractivity contribution in [3.05, 3.63) is 59.7 Å². The second kappa shape index (κ2) is 9.21. The molecule has 3 N–H and O–H groups in total. The van der Waals surface area contributed by atoms with E-state index in [0.29, 0.717) is 12.6 Å². The molecule has 0 atom stereocenters. The number of aryl methyl sites for hydroxylation is 1. The molecule has 0 saturated carbocycles. The van der Waals surface area contributed by atoms with E-state index in [1.54, 1.807) is 0 Å². The molecule has 2 rings (SSSR count). The summed E-state index contributed by atoms with van der Waals surface area (Å²) in [4.78, 5) is 0. The molecule has 2 aromatic carbocycles. The van der Waals surface area contributed by atoms with Gasteiger partial charge in [-0.2, -0.15) is 0 Å². The third-order valence-electron chi connectivity index (χ3n) is 3.76. The summed E-state index contributed by atoms with van der Waals surface area (Å²) in [6.45, 7) is 6.01. The molecule has 23 heavy (non-hydrogen) atoms. The van der Waals surface area contributed by atoms with Gasteiger partial charge in [0.15, 0.2) is 0 Å². The fourth-order valence-electron chi connectivity index (χ4n) is 2.49. The van der Waals surface area contributed by atoms with Crippen LogP contribution in [-0.4, -0.2) is 19.2 Å². The lowest BCUT2D eigenvalue weighted by atomic mass is 10.1. The van der Waals surface area contributed by atoms with Crippen LogP contribution in [0.5, 0.6) is 5.75 Å². The van der Waals surface area contributed by atoms with Crippen LogP contribution in [0, 0.1) is 0 Å². The number of hydrogen-bond donors (Lipinski definition) is 2. The third-order valence-corrected chi connectivity index (χ3v) is 3.76. The molecule has 0 amide bonds. The molecule has 0 bridgehead atoms. The topological polar surface area (TPSA) is 47.3 Å². The summed E-state index contributed by atoms with van der Waals surface area (Å²) in [6, 6.07) is 17.0. The van der Waals surface area contributed by atoms with E-state index < -0.39 is 0 Å². The third kappa shape index (κ3) is 6.33. The van der Waals surface area contributed by atoms with Crippen molar-refractivity contribution in [2.24, 2.45) is 0 Å². The summed E-state index contributed by atoms with van der Waals surface area (Å²) in [5.41, 5.74) is 9.39. The van der Waals surface area contributed by atoms with Crippen LogP contribution in [0.1, 0.15) is 31.4 Å². The van der Waals surface area contributed by atoms with E-state index in [2.05, 4.69) is 37.4 Å². The normalized spacial score (nSPS) is 10.9. The second-order valence-electron chi connectivity index (χ2n) is 6.17. The number of rotatable bonds is 9. The Kier molecular flexibility index (Phi) is 6.95. The Morgan fingerprint density at radius 2 is 1.78 bits per heavy atom. The highest BCUT2D eigenvalue weighted by molar-refractivity contribution is 5.54. The van der Waals surface area contributed by atoms with Crippen LogP contribution in [0.3, 0.4) is 0 Å². The molecule has 0 radical (unpaired) electrons. The standard InChI is InChI=1S/C20H28N2O/c1-16(2)22-13-6-9-18-10-11-20(19(21)15-18)23-14-12-17-7-4-3-5-8-17/h3-5,7-8,10-11,15-16,22H,6,9,12-14,21H2,1-2H3. The van der Waals surface area contributed by atoms with Crippen LogP contribution in [-0.2, 0) is 12.8 Å². The molecule has 0 unspecified atom stereocenters. The van der Waals surface area contributed by atoms with E-state index in [1.807, 2.05) is 30.3 Å². The van der Waals surface area contributed by atoms with Crippen molar-refractivity contribution >= 4 is 5.69 Å². The van der Waals surface area contributed by atoms with Gasteiger partial charge in [0.2, 0.25) is 0 Å². The van der Waals surface area contributed by atoms with Gasteiger partial charge in [-0.05, 0) is 42.6 Å². The highest BCUT2D eigenvalue weighted by Crippen LogP contribution is 2.23. The summed E-state index contributed by atoms with van der Waals surface area (Å²) in [6.07, 6.45) is 3.04. The molecule has 0 aliphatic carbocycles. The molecular formula is C20H28N2O. The Hall–Kier alpha value is -2.00. The summed E-state index contributed by atoms with van der Waals surface area (Å²) in [5, 5.41) is 3.43. The van der Waals surface area contributed by atoms with Gasteiger partial charge in [-0.1, -0.05) is 50.2 Å². The first kappa shape index (κ1) is 17.4. The Labute approximate surface area is 139 Å². The Morgan fingerprint density at radius 3 is 2.48 bits per heavy atom. The van der Waals surface area contributed by atoms with Gasteiger partial charge < -0.3 is 15.8 Å². The van der Waals surface area contributed by atoms with E-state index in [-0.39, 0.29) is 0 Å². The summed E-state index contributed by atoms with van der Waals surface area (Å²) < 4.78 is 5.82. The van der Waals surface area contributed by atoms with Crippen molar-refractivity contribution in [1.82, 2.24) is 5.32 Å². The van der Waals surface area contributed by atoms with E-state index >= 15 is 0 Å². The van der Waals surface area contributed by atoms with Crippen molar-refractivity contribution in [3.8, 4) is 5.75 Å². The largest absolute Gasteiger partial charge is 0.491 e. The average molecular weight is 312 g/mol. The molecule has 0 aliphatic rings. The number of nitrogens with one attached hydrogen (secondary N) is 1. The predicted octanol–water partition coefficient (Wildman–Crippen LogP) is 3.82. The van der Waals surface area contributed by atoms with Crippen molar-refractivity contribution in [1.29, 1.82) is 0 Å². The highest BCUT2D eigenvalue weighted by Gasteiger charge is 2.03. The predicted molar refractivity (Wildman–Crippen MR) is 98.0 cm³/mol. The van der Waals surface area contributed by atoms with Gasteiger partial charge in [-0.15, -0.1) is 0 Å². The van der Waals surface area contributed by atoms with Crippen molar-refractivity contribution in [2.45, 2.75) is 39.2 Å². The Balaban J connectivity index is 1.77. The lowest BCUT2D eigenvalue weighted by Crippen LogP contribution is -2.23. The number of nitrogen functional groups attached to an aromatic ring is 1. The second-order valence-corrected chi connectivity index (χ2v) is 6.17. The first-order chi connectivity index (χ1) is 11.1. The number of hydrogen-bond acceptors (Lipinski definition) is 3. The SMILES string of the molecule is CC(C)NCCCc1ccc(OCCc2ccccc2)c(N)c1. The first-order valence-corrected chi connectivity index (χ1v) is 8.43. The van der Waals surface area contributed by atoms with Gasteiger partial charge in [0.1, 0.15) is 5.75 Å². The molecule has 2 aromatic rings. The van der Waals surface area contributed by atoms with Crippen LogP contribution < -0.4 is 15.8 Å². The molecule has 3 heteroatoms. The fourth-order valence-corrected chi connectivity index (χ4v) is 2.49. The quantitative estimate of drug-likeness (QED) is 0.546. The lowest BCUT2D eigenvalue weighted by molar-refractivity contribution is 0.323. The van der Waals surface area contributed by atoms with E-state index in [1.165, 1.54) is 11.1 Å². The number of anilines is 1. The minimum absolute atomic E-state index is 0.542. The maximum absolute atomic E-state index is 6.11. The Morgan fingerprint density at radius 1 is 1.00 bits per heavy atom. The minimum Gasteiger partial charge on any atom is -0.491 e. The van der Waals surface area contributed by atoms with E-state index in [9.17, 15) is 0 Å². The van der Waals surface area contributed by atoms with Crippen LogP contribution in [0.15, 0.2) is 48.5 Å². The Bertz CT molecular complexity index is 581. The highest BCUT2D eigenvalue weighted by atomic mass is 16.5. The fraction of sp³-hybridized carbons (Fsp3) is 0.400. The lowest BCUT2D eigenvalue weighted by Gasteiger charge is -2.11. The molecule has 0 spiro atoms. The van der Waals surface area contributed by atoms with Gasteiger partial charge in [0, 0.05) is 12.5 Å². The van der Waals surface area contributed by atoms with Crippen LogP contribution >= 0.6 is 0 Å². The van der Waals surface area contributed by atoms with Gasteiger partial charge >= 0.3 is 0 Å². The number of benzene rings is 2. The maximum atomic E-state index is 6.11. The molecule has 0 saturated heterocycles. The average Bonchev–Trinajstić information content (AvgIpc) is 2.54. The van der Waals surface area contributed by atoms with Crippen LogP contribution in [0.4, 0.5) is 5.69 Å². The minimum atomic E-state index is 0.542. The maximum Gasteiger partial charge on any atom is 0.142 e. The zero-order chi connectivity index (χ0) is 16.5. The molecule has 0 aromatic heterocycles. The molecule has 124 valence electrons. The zero-order valence-electron chi connectivity index (χ0n) is 14.2. The van der Waals surface area contributed by atoms with Crippen molar-refractivity contribution in [2.75, 3.05) is 18.9 Å². The molecule has 3 nitrogen and oxygen atoms in total. The molecule has 0 aliphatic heterocycles. The number of ether oxygens (including phenoxy) is 1. The summed E-state index contributed by atoms with van der Waals surface area (Å²) in [5.74, 6) is 0.782. The van der Waals surface area contributed by atoms with Gasteiger partial charge in [-0.25, -0.2) is 0 Å². The van der Waals surface area contributed by atoms with Crippen LogP contribution in [0.2, 0.25) is 0 Å². The van der Waals surface area contributed by atoms with E-state index in [0.717, 1.165) is 37.2 Å². The monoisotopic (exact) mass is 312 g/mol. The number of nitrogens with two attached hydrogens (primary N) is 1. The summed E-state index contributed by atoms with van der Waals surface area (Å²) >= 11 is 0. The first-order valence-electron chi connectivity index (χ1n) is 8.43. The molecule has 0 fully saturated rings. The summed E-state index contributed by atoms with van der Waals surface area (Å²) in [7, 11) is 0. The molecular weight excluding hydrogens is 284 g/mol. The zero-order valence-corrected chi connectivity index (χ0v) is 14.2. The van der Waals surface area contributed by atoms with Gasteiger partial charge in [0.05, 0.1) is 12.3 Å². The van der Waals surface area contributed by atoms with E-state index in [4.69, 9.17) is 10.5 Å².